The molecule has 0 saturated carbocycles. The van der Waals surface area contributed by atoms with Crippen LogP contribution in [0.5, 0.6) is 11.5 Å². The van der Waals surface area contributed by atoms with Gasteiger partial charge >= 0.3 is 0 Å². The first-order valence-electron chi connectivity index (χ1n) is 8.99. The van der Waals surface area contributed by atoms with Crippen LogP contribution in [-0.2, 0) is 4.79 Å². The van der Waals surface area contributed by atoms with Crippen molar-refractivity contribution in [2.45, 2.75) is 12.5 Å². The number of rotatable bonds is 7. The third kappa shape index (κ3) is 3.75. The van der Waals surface area contributed by atoms with Crippen molar-refractivity contribution in [3.05, 3.63) is 76.6 Å². The largest absolute Gasteiger partial charge is 0.493 e. The summed E-state index contributed by atoms with van der Waals surface area (Å²) in [6.07, 6.45) is 3.46. The van der Waals surface area contributed by atoms with Gasteiger partial charge in [-0.3, -0.25) is 14.9 Å². The molecule has 1 atom stereocenters. The summed E-state index contributed by atoms with van der Waals surface area (Å²) in [6.45, 7) is -0.399. The zero-order valence-corrected chi connectivity index (χ0v) is 15.9. The predicted molar refractivity (Wildman–Crippen MR) is 103 cm³/mol. The molecular weight excluding hydrogens is 394 g/mol. The van der Waals surface area contributed by atoms with Gasteiger partial charge in [0.05, 0.1) is 30.6 Å². The van der Waals surface area contributed by atoms with Gasteiger partial charge in [0, 0.05) is 12.5 Å². The van der Waals surface area contributed by atoms with E-state index in [1.54, 1.807) is 24.3 Å². The molecule has 1 aromatic carbocycles. The maximum Gasteiger partial charge on any atom is 0.281 e. The molecule has 0 N–H and O–H groups in total. The number of hydrazone groups is 1. The Morgan fingerprint density at radius 1 is 1.23 bits per heavy atom. The number of carbonyl (C=O) groups excluding carboxylic acids is 1. The molecule has 1 aliphatic rings. The van der Waals surface area contributed by atoms with E-state index in [0.717, 1.165) is 0 Å². The number of non-ortho nitro benzene ring substituents is 1. The van der Waals surface area contributed by atoms with Crippen molar-refractivity contribution in [1.82, 2.24) is 5.01 Å². The van der Waals surface area contributed by atoms with E-state index in [-0.39, 0.29) is 17.2 Å². The summed E-state index contributed by atoms with van der Waals surface area (Å²) < 4.78 is 21.6. The van der Waals surface area contributed by atoms with E-state index in [1.807, 2.05) is 0 Å². The first kappa shape index (κ1) is 19.2. The molecule has 154 valence electrons. The lowest BCUT2D eigenvalue weighted by atomic mass is 10.1. The lowest BCUT2D eigenvalue weighted by molar-refractivity contribution is -0.385. The van der Waals surface area contributed by atoms with E-state index in [1.165, 1.54) is 42.8 Å². The second kappa shape index (κ2) is 8.11. The Balaban J connectivity index is 1.55. The maximum absolute atomic E-state index is 12.9. The minimum absolute atomic E-state index is 0.0871. The zero-order valence-electron chi connectivity index (χ0n) is 15.9. The van der Waals surface area contributed by atoms with Gasteiger partial charge in [0.1, 0.15) is 23.3 Å². The molecule has 3 heterocycles. The number of benzene rings is 1. The maximum atomic E-state index is 12.9. The van der Waals surface area contributed by atoms with Crippen LogP contribution in [0.25, 0.3) is 0 Å². The Kier molecular flexibility index (Phi) is 5.21. The predicted octanol–water partition coefficient (Wildman–Crippen LogP) is 3.55. The third-order valence-corrected chi connectivity index (χ3v) is 4.55. The number of amides is 1. The van der Waals surface area contributed by atoms with Crippen LogP contribution in [0, 0.1) is 10.1 Å². The highest BCUT2D eigenvalue weighted by atomic mass is 16.6. The van der Waals surface area contributed by atoms with E-state index in [2.05, 4.69) is 5.10 Å². The average molecular weight is 411 g/mol. The molecule has 0 spiro atoms. The molecule has 1 aliphatic heterocycles. The first-order valence-corrected chi connectivity index (χ1v) is 8.99. The molecule has 1 unspecified atom stereocenters. The normalized spacial score (nSPS) is 15.7. The fourth-order valence-electron chi connectivity index (χ4n) is 3.13. The summed E-state index contributed by atoms with van der Waals surface area (Å²) >= 11 is 0. The van der Waals surface area contributed by atoms with Crippen LogP contribution in [0.15, 0.2) is 68.9 Å². The fourth-order valence-corrected chi connectivity index (χ4v) is 3.13. The van der Waals surface area contributed by atoms with Gasteiger partial charge in [-0.25, -0.2) is 5.01 Å². The monoisotopic (exact) mass is 411 g/mol. The number of furan rings is 2. The summed E-state index contributed by atoms with van der Waals surface area (Å²) in [5.74, 6) is 1.04. The van der Waals surface area contributed by atoms with Crippen molar-refractivity contribution >= 4 is 17.3 Å². The Morgan fingerprint density at radius 2 is 2.03 bits per heavy atom. The Bertz CT molecular complexity index is 1070. The zero-order chi connectivity index (χ0) is 21.1. The molecule has 30 heavy (non-hydrogen) atoms. The fraction of sp³-hybridized carbons (Fsp3) is 0.200. The molecular formula is C20H17N3O7. The number of methoxy groups -OCH3 is 1. The second-order valence-electron chi connectivity index (χ2n) is 6.38. The summed E-state index contributed by atoms with van der Waals surface area (Å²) in [6, 6.07) is 10.4. The van der Waals surface area contributed by atoms with Gasteiger partial charge in [0.15, 0.2) is 18.1 Å². The van der Waals surface area contributed by atoms with Gasteiger partial charge < -0.3 is 18.3 Å². The highest BCUT2D eigenvalue weighted by Crippen LogP contribution is 2.34. The molecule has 3 aromatic rings. The van der Waals surface area contributed by atoms with Crippen molar-refractivity contribution in [2.75, 3.05) is 13.7 Å². The SMILES string of the molecule is COc1ccc([N+](=O)[O-])cc1OCC(=O)N1N=C(c2ccco2)CC1c1ccco1. The molecule has 0 radical (unpaired) electrons. The van der Waals surface area contributed by atoms with Crippen LogP contribution in [0.2, 0.25) is 0 Å². The molecule has 0 aliphatic carbocycles. The Labute approximate surface area is 170 Å². The summed E-state index contributed by atoms with van der Waals surface area (Å²) in [5.41, 5.74) is 0.425. The van der Waals surface area contributed by atoms with E-state index in [9.17, 15) is 14.9 Å². The van der Waals surface area contributed by atoms with Crippen molar-refractivity contribution < 1.29 is 28.0 Å². The number of hydrogen-bond donors (Lipinski definition) is 0. The van der Waals surface area contributed by atoms with E-state index in [4.69, 9.17) is 18.3 Å². The van der Waals surface area contributed by atoms with Gasteiger partial charge in [-0.05, 0) is 30.3 Å². The molecule has 0 saturated heterocycles. The van der Waals surface area contributed by atoms with Gasteiger partial charge in [-0.15, -0.1) is 0 Å². The van der Waals surface area contributed by atoms with Gasteiger partial charge in [0.2, 0.25) is 0 Å². The molecule has 0 fully saturated rings. The summed E-state index contributed by atoms with van der Waals surface area (Å²) in [5, 5.41) is 16.7. The molecule has 1 amide bonds. The average Bonchev–Trinajstić information content (AvgIpc) is 3.51. The molecule has 10 heteroatoms. The van der Waals surface area contributed by atoms with Gasteiger partial charge in [-0.2, -0.15) is 5.10 Å². The lowest BCUT2D eigenvalue weighted by Crippen LogP contribution is -2.31. The highest BCUT2D eigenvalue weighted by Gasteiger charge is 2.36. The number of hydrogen-bond acceptors (Lipinski definition) is 8. The van der Waals surface area contributed by atoms with Gasteiger partial charge in [-0.1, -0.05) is 0 Å². The highest BCUT2D eigenvalue weighted by molar-refractivity contribution is 6.01. The Hall–Kier alpha value is -4.08. The molecule has 4 rings (SSSR count). The van der Waals surface area contributed by atoms with Crippen molar-refractivity contribution in [1.29, 1.82) is 0 Å². The lowest BCUT2D eigenvalue weighted by Gasteiger charge is -2.20. The molecule has 2 aromatic heterocycles. The van der Waals surface area contributed by atoms with Crippen LogP contribution in [0.4, 0.5) is 5.69 Å². The summed E-state index contributed by atoms with van der Waals surface area (Å²) in [4.78, 5) is 23.4. The Morgan fingerprint density at radius 3 is 2.70 bits per heavy atom. The van der Waals surface area contributed by atoms with Crippen LogP contribution in [0.1, 0.15) is 24.0 Å². The summed E-state index contributed by atoms with van der Waals surface area (Å²) in [7, 11) is 1.41. The standard InChI is InChI=1S/C20H17N3O7/c1-27-18-7-6-13(23(25)26)10-19(18)30-12-20(24)22-15(17-5-3-9-29-17)11-14(21-22)16-4-2-8-28-16/h2-10,15H,11-12H2,1H3. The van der Waals surface area contributed by atoms with E-state index >= 15 is 0 Å². The van der Waals surface area contributed by atoms with Gasteiger partial charge in [0.25, 0.3) is 11.6 Å². The van der Waals surface area contributed by atoms with Crippen LogP contribution in [0.3, 0.4) is 0 Å². The van der Waals surface area contributed by atoms with Crippen molar-refractivity contribution in [2.24, 2.45) is 5.10 Å². The minimum atomic E-state index is -0.554. The van der Waals surface area contributed by atoms with Crippen LogP contribution in [-0.4, -0.2) is 35.3 Å². The van der Waals surface area contributed by atoms with E-state index in [0.29, 0.717) is 23.7 Å². The number of ether oxygens (including phenoxy) is 2. The van der Waals surface area contributed by atoms with E-state index < -0.39 is 23.5 Å². The van der Waals surface area contributed by atoms with Crippen molar-refractivity contribution in [3.63, 3.8) is 0 Å². The first-order chi connectivity index (χ1) is 14.6. The second-order valence-corrected chi connectivity index (χ2v) is 6.38. The number of nitro groups is 1. The number of nitro benzene ring substituents is 1. The van der Waals surface area contributed by atoms with Crippen LogP contribution >= 0.6 is 0 Å². The topological polar surface area (TPSA) is 121 Å². The third-order valence-electron chi connectivity index (χ3n) is 4.55. The molecule has 0 bridgehead atoms. The van der Waals surface area contributed by atoms with Crippen molar-refractivity contribution in [3.8, 4) is 11.5 Å². The number of carbonyl (C=O) groups is 1. The molecule has 10 nitrogen and oxygen atoms in total. The van der Waals surface area contributed by atoms with Crippen LogP contribution < -0.4 is 9.47 Å². The minimum Gasteiger partial charge on any atom is -0.493 e. The smallest absolute Gasteiger partial charge is 0.281 e. The number of nitrogens with zero attached hydrogens (tertiary/aromatic N) is 3. The quantitative estimate of drug-likeness (QED) is 0.430.